The summed E-state index contributed by atoms with van der Waals surface area (Å²) in [6.07, 6.45) is 3.74. The molecule has 2 saturated carbocycles. The third-order valence-corrected chi connectivity index (χ3v) is 12.6. The van der Waals surface area contributed by atoms with Crippen molar-refractivity contribution in [1.29, 1.82) is 0 Å². The van der Waals surface area contributed by atoms with Crippen molar-refractivity contribution in [2.75, 3.05) is 7.11 Å². The van der Waals surface area contributed by atoms with E-state index in [4.69, 9.17) is 37.3 Å². The van der Waals surface area contributed by atoms with Gasteiger partial charge in [0.05, 0.1) is 30.8 Å². The Labute approximate surface area is 355 Å². The zero-order valence-electron chi connectivity index (χ0n) is 33.3. The van der Waals surface area contributed by atoms with E-state index >= 15 is 0 Å². The molecule has 0 saturated heterocycles. The largest absolute Gasteiger partial charge is 0.497 e. The summed E-state index contributed by atoms with van der Waals surface area (Å²) in [6, 6.07) is 22.6. The van der Waals surface area contributed by atoms with Crippen molar-refractivity contribution in [2.45, 2.75) is 65.2 Å². The molecule has 2 heterocycles. The molecule has 8 rings (SSSR count). The first-order chi connectivity index (χ1) is 29.0. The molecule has 14 heteroatoms. The first-order valence-corrected chi connectivity index (χ1v) is 21.1. The lowest BCUT2D eigenvalue weighted by Crippen LogP contribution is -2.30. The van der Waals surface area contributed by atoms with E-state index in [1.807, 2.05) is 26.0 Å². The second-order valence-corrected chi connectivity index (χ2v) is 16.6. The molecule has 4 aromatic carbocycles. The van der Waals surface area contributed by atoms with E-state index in [-0.39, 0.29) is 35.3 Å². The van der Waals surface area contributed by atoms with E-state index in [2.05, 4.69) is 19.0 Å². The number of rotatable bonds is 11. The molecule has 2 aliphatic rings. The topological polar surface area (TPSA) is 150 Å². The van der Waals surface area contributed by atoms with E-state index in [1.165, 1.54) is 11.3 Å². The van der Waals surface area contributed by atoms with Gasteiger partial charge in [0.1, 0.15) is 38.8 Å². The lowest BCUT2D eigenvalue weighted by molar-refractivity contribution is -0.145. The third kappa shape index (κ3) is 8.99. The first kappa shape index (κ1) is 40.9. The fourth-order valence-corrected chi connectivity index (χ4v) is 9.05. The summed E-state index contributed by atoms with van der Waals surface area (Å²) in [6.45, 7) is 4.03. The van der Waals surface area contributed by atoms with Gasteiger partial charge in [0.25, 0.3) is 0 Å². The van der Waals surface area contributed by atoms with Crippen LogP contribution in [0.25, 0.3) is 32.0 Å². The summed E-state index contributed by atoms with van der Waals surface area (Å²) >= 11 is 5.05. The lowest BCUT2D eigenvalue weighted by Gasteiger charge is -2.26. The fraction of sp³-hybridized carbons (Fsp3) is 0.326. The summed E-state index contributed by atoms with van der Waals surface area (Å²) in [5, 5.41) is 1.49. The Hall–Kier alpha value is -5.86. The smallest absolute Gasteiger partial charge is 0.314 e. The molecule has 0 unspecified atom stereocenters. The van der Waals surface area contributed by atoms with Gasteiger partial charge in [-0.3, -0.25) is 19.2 Å². The molecule has 0 amide bonds. The summed E-state index contributed by atoms with van der Waals surface area (Å²) in [7, 11) is 1.57. The second kappa shape index (κ2) is 17.8. The number of methoxy groups -OCH3 is 1. The van der Waals surface area contributed by atoms with Gasteiger partial charge in [-0.2, -0.15) is 0 Å². The molecule has 12 nitrogen and oxygen atoms in total. The average Bonchev–Trinajstić information content (AvgIpc) is 3.91. The van der Waals surface area contributed by atoms with Gasteiger partial charge in [-0.25, -0.2) is 4.98 Å². The maximum absolute atomic E-state index is 13.7. The summed E-state index contributed by atoms with van der Waals surface area (Å²) in [5.41, 5.74) is 3.22. The number of hydrogen-bond donors (Lipinski definition) is 1. The van der Waals surface area contributed by atoms with Crippen LogP contribution in [0.15, 0.2) is 83.3 Å². The number of hydrogen-bond acceptors (Lipinski definition) is 14. The molecule has 2 aromatic heterocycles. The Morgan fingerprint density at radius 1 is 0.617 bits per heavy atom. The van der Waals surface area contributed by atoms with Crippen LogP contribution in [0.1, 0.15) is 62.5 Å². The molecular weight excluding hydrogens is 807 g/mol. The molecule has 2 aliphatic carbocycles. The van der Waals surface area contributed by atoms with Crippen LogP contribution < -0.4 is 27.9 Å². The molecular formula is C46H43NO11S2. The molecule has 6 aromatic rings. The minimum Gasteiger partial charge on any atom is -0.497 e. The number of aromatic nitrogens is 1. The van der Waals surface area contributed by atoms with Crippen LogP contribution in [0.2, 0.25) is 0 Å². The Bertz CT molecular complexity index is 2410. The number of esters is 4. The van der Waals surface area contributed by atoms with Crippen molar-refractivity contribution in [3.63, 3.8) is 0 Å². The predicted octanol–water partition coefficient (Wildman–Crippen LogP) is 10.2. The summed E-state index contributed by atoms with van der Waals surface area (Å²) in [5.74, 6) is 0.0234. The molecule has 0 bridgehead atoms. The Morgan fingerprint density at radius 2 is 1.08 bits per heavy atom. The van der Waals surface area contributed by atoms with Crippen molar-refractivity contribution in [1.82, 2.24) is 4.98 Å². The number of nitrogens with zero attached hydrogens (tertiary/aromatic N) is 1. The van der Waals surface area contributed by atoms with Crippen LogP contribution >= 0.6 is 24.2 Å². The zero-order chi connectivity index (χ0) is 41.9. The normalized spacial score (nSPS) is 19.1. The van der Waals surface area contributed by atoms with Gasteiger partial charge in [0.15, 0.2) is 22.3 Å². The van der Waals surface area contributed by atoms with Crippen LogP contribution in [-0.4, -0.2) is 36.0 Å². The summed E-state index contributed by atoms with van der Waals surface area (Å²) < 4.78 is 40.1. The van der Waals surface area contributed by atoms with Crippen molar-refractivity contribution in [3.8, 4) is 45.3 Å². The van der Waals surface area contributed by atoms with Crippen LogP contribution in [0.5, 0.6) is 34.5 Å². The van der Waals surface area contributed by atoms with E-state index in [0.717, 1.165) is 22.1 Å². The highest BCUT2D eigenvalue weighted by Crippen LogP contribution is 2.44. The van der Waals surface area contributed by atoms with Crippen molar-refractivity contribution >= 4 is 69.3 Å². The van der Waals surface area contributed by atoms with Gasteiger partial charge < -0.3 is 32.3 Å². The molecule has 0 aliphatic heterocycles. The Morgan fingerprint density at radius 3 is 1.60 bits per heavy atom. The third-order valence-electron chi connectivity index (χ3n) is 11.3. The number of carbonyl (C=O) groups excluding carboxylic acids is 4. The molecule has 0 N–H and O–H groups in total. The quantitative estimate of drug-likeness (QED) is 0.0572. The molecule has 310 valence electrons. The van der Waals surface area contributed by atoms with E-state index in [0.29, 0.717) is 95.3 Å². The minimum atomic E-state index is -0.428. The average molecular weight is 850 g/mol. The maximum atomic E-state index is 13.7. The summed E-state index contributed by atoms with van der Waals surface area (Å²) in [4.78, 5) is 58.1. The van der Waals surface area contributed by atoms with Gasteiger partial charge in [-0.1, -0.05) is 6.07 Å². The molecule has 60 heavy (non-hydrogen) atoms. The van der Waals surface area contributed by atoms with Crippen LogP contribution in [0.4, 0.5) is 0 Å². The fourth-order valence-electron chi connectivity index (χ4n) is 7.95. The predicted molar refractivity (Wildman–Crippen MR) is 227 cm³/mol. The molecule has 0 radical (unpaired) electrons. The number of benzene rings is 4. The Balaban J connectivity index is 0.961. The van der Waals surface area contributed by atoms with Crippen LogP contribution in [0, 0.1) is 37.5 Å². The number of carbonyl (C=O) groups is 4. The Kier molecular flexibility index (Phi) is 12.1. The van der Waals surface area contributed by atoms with Crippen molar-refractivity contribution in [3.05, 3.63) is 90.0 Å². The number of thiazole rings is 1. The van der Waals surface area contributed by atoms with E-state index < -0.39 is 23.8 Å². The van der Waals surface area contributed by atoms with Crippen LogP contribution in [-0.2, 0) is 19.2 Å². The number of fused-ring (bicyclic) bond motifs is 2. The van der Waals surface area contributed by atoms with E-state index in [1.54, 1.807) is 67.8 Å². The second-order valence-electron chi connectivity index (χ2n) is 15.4. The first-order valence-electron chi connectivity index (χ1n) is 19.9. The number of furan rings is 1. The van der Waals surface area contributed by atoms with Crippen LogP contribution in [0.3, 0.4) is 0 Å². The van der Waals surface area contributed by atoms with Crippen molar-refractivity contribution in [2.24, 2.45) is 23.7 Å². The number of aryl methyl sites for hydroxylation is 2. The number of thiol groups is 1. The molecule has 0 spiro atoms. The van der Waals surface area contributed by atoms with Gasteiger partial charge >= 0.3 is 23.9 Å². The standard InChI is InChI=1S/C46H43NO11S2/c1-25-22-26(2)35-24-39(55-38(35)23-25)42-47-40-36(56-45(50)29-8-4-27(5-9-29)43(48)53-32-14-12-31(52-3)13-15-32)20-21-37(41(40)60-42)57-46(51)30-10-6-28(7-11-30)44(49)54-33-16-18-34(58-59)19-17-33/h12-24,27-30,59H,4-11H2,1-3H3/t27-,28-,29-,30-. The molecule has 2 fully saturated rings. The molecule has 0 atom stereocenters. The van der Waals surface area contributed by atoms with E-state index in [9.17, 15) is 19.2 Å². The van der Waals surface area contributed by atoms with Gasteiger partial charge in [-0.15, -0.1) is 11.3 Å². The lowest BCUT2D eigenvalue weighted by atomic mass is 9.82. The zero-order valence-corrected chi connectivity index (χ0v) is 35.0. The van der Waals surface area contributed by atoms with Gasteiger partial charge in [-0.05, 0) is 149 Å². The SMILES string of the molecule is COc1ccc(OC(=O)[C@H]2CC[C@H](C(=O)Oc3ccc(OC(=O)[C@H]4CC[C@H](C(=O)Oc5ccc(OS)cc5)CC4)c4sc(-c5cc6c(C)cc(C)cc6o5)nc34)CC2)cc1. The van der Waals surface area contributed by atoms with Crippen molar-refractivity contribution < 1.29 is 51.5 Å². The van der Waals surface area contributed by atoms with Gasteiger partial charge in [0.2, 0.25) is 0 Å². The van der Waals surface area contributed by atoms with Gasteiger partial charge in [0, 0.05) is 18.3 Å². The monoisotopic (exact) mass is 849 g/mol. The number of ether oxygens (including phenoxy) is 5. The minimum absolute atomic E-state index is 0.230. The highest BCUT2D eigenvalue weighted by Gasteiger charge is 2.35. The highest BCUT2D eigenvalue weighted by atomic mass is 32.1. The maximum Gasteiger partial charge on any atom is 0.314 e. The highest BCUT2D eigenvalue weighted by molar-refractivity contribution is 7.75.